The van der Waals surface area contributed by atoms with Crippen LogP contribution in [-0.2, 0) is 16.6 Å². The number of nitrogens with one attached hydrogen (secondary N) is 2. The van der Waals surface area contributed by atoms with Crippen LogP contribution in [0.4, 0.5) is 0 Å². The highest BCUT2D eigenvalue weighted by atomic mass is 32.2. The van der Waals surface area contributed by atoms with Crippen molar-refractivity contribution in [3.63, 3.8) is 0 Å². The number of thiophene rings is 1. The molecular weight excluding hydrogens is 292 g/mol. The molecule has 0 aromatic carbocycles. The Morgan fingerprint density at radius 2 is 2.00 bits per heavy atom. The Kier molecular flexibility index (Phi) is 7.15. The van der Waals surface area contributed by atoms with Gasteiger partial charge in [-0.05, 0) is 36.2 Å². The normalized spacial score (nSPS) is 13.8. The van der Waals surface area contributed by atoms with Gasteiger partial charge in [0.15, 0.2) is 0 Å². The van der Waals surface area contributed by atoms with Crippen molar-refractivity contribution in [2.45, 2.75) is 45.6 Å². The molecule has 0 saturated carbocycles. The molecule has 0 aliphatic carbocycles. The Morgan fingerprint density at radius 1 is 1.30 bits per heavy atom. The second kappa shape index (κ2) is 8.12. The zero-order valence-electron chi connectivity index (χ0n) is 12.8. The third-order valence-corrected chi connectivity index (χ3v) is 6.00. The summed E-state index contributed by atoms with van der Waals surface area (Å²) in [4.78, 5) is 1.30. The second-order valence-corrected chi connectivity index (χ2v) is 8.19. The first kappa shape index (κ1) is 17.6. The predicted molar refractivity (Wildman–Crippen MR) is 85.5 cm³/mol. The highest BCUT2D eigenvalue weighted by molar-refractivity contribution is 7.89. The molecule has 0 fully saturated rings. The zero-order valence-corrected chi connectivity index (χ0v) is 14.4. The topological polar surface area (TPSA) is 58.2 Å². The van der Waals surface area contributed by atoms with E-state index in [-0.39, 0.29) is 0 Å². The van der Waals surface area contributed by atoms with Crippen LogP contribution >= 0.6 is 11.3 Å². The van der Waals surface area contributed by atoms with Crippen molar-refractivity contribution < 1.29 is 8.42 Å². The quantitative estimate of drug-likeness (QED) is 0.688. The van der Waals surface area contributed by atoms with E-state index in [0.717, 1.165) is 17.8 Å². The van der Waals surface area contributed by atoms with Gasteiger partial charge in [0.2, 0.25) is 10.0 Å². The minimum absolute atomic E-state index is 0.324. The van der Waals surface area contributed by atoms with Crippen LogP contribution in [0.2, 0.25) is 0 Å². The number of hydrogen-bond acceptors (Lipinski definition) is 4. The van der Waals surface area contributed by atoms with Crippen molar-refractivity contribution in [1.82, 2.24) is 10.0 Å². The average Bonchev–Trinajstić information content (AvgIpc) is 2.85. The van der Waals surface area contributed by atoms with Crippen molar-refractivity contribution in [3.8, 4) is 0 Å². The largest absolute Gasteiger partial charge is 0.312 e. The Balaban J connectivity index is 2.70. The molecule has 1 heterocycles. The molecular formula is C14H26N2O2S2. The second-order valence-electron chi connectivity index (χ2n) is 5.46. The Hall–Kier alpha value is -0.430. The summed E-state index contributed by atoms with van der Waals surface area (Å²) in [5, 5.41) is 5.09. The van der Waals surface area contributed by atoms with Gasteiger partial charge in [0.1, 0.15) is 0 Å². The lowest BCUT2D eigenvalue weighted by atomic mass is 9.99. The van der Waals surface area contributed by atoms with E-state index in [0.29, 0.717) is 29.8 Å². The predicted octanol–water partition coefficient (Wildman–Crippen LogP) is 2.82. The van der Waals surface area contributed by atoms with Gasteiger partial charge in [-0.15, -0.1) is 11.3 Å². The molecule has 0 saturated heterocycles. The van der Waals surface area contributed by atoms with Gasteiger partial charge in [-0.3, -0.25) is 0 Å². The lowest BCUT2D eigenvalue weighted by Crippen LogP contribution is -2.30. The Labute approximate surface area is 127 Å². The van der Waals surface area contributed by atoms with Crippen LogP contribution in [0.3, 0.4) is 0 Å². The number of sulfonamides is 1. The third-order valence-electron chi connectivity index (χ3n) is 3.44. The first-order valence-corrected chi connectivity index (χ1v) is 9.51. The monoisotopic (exact) mass is 318 g/mol. The van der Waals surface area contributed by atoms with Crippen LogP contribution < -0.4 is 10.0 Å². The highest BCUT2D eigenvalue weighted by Gasteiger charge is 2.20. The highest BCUT2D eigenvalue weighted by Crippen LogP contribution is 2.22. The van der Waals surface area contributed by atoms with Crippen molar-refractivity contribution in [2.75, 3.05) is 13.1 Å². The standard InChI is InChI=1S/C14H26N2O2S2/c1-5-7-15-10-13-14(6-8-19-13)20(17,18)16-9-12(4)11(2)3/h6,8,11-12,15-16H,5,7,9-10H2,1-4H3. The molecule has 6 heteroatoms. The van der Waals surface area contributed by atoms with Crippen LogP contribution in [0.15, 0.2) is 16.3 Å². The Morgan fingerprint density at radius 3 is 2.60 bits per heavy atom. The van der Waals surface area contributed by atoms with Gasteiger partial charge in [0.05, 0.1) is 4.90 Å². The Bertz CT molecular complexity index is 495. The summed E-state index contributed by atoms with van der Waals surface area (Å²) in [5.41, 5.74) is 0. The average molecular weight is 319 g/mol. The van der Waals surface area contributed by atoms with Gasteiger partial charge < -0.3 is 5.32 Å². The summed E-state index contributed by atoms with van der Waals surface area (Å²) in [6.07, 6.45) is 1.04. The molecule has 0 radical (unpaired) electrons. The van der Waals surface area contributed by atoms with Gasteiger partial charge in [-0.25, -0.2) is 13.1 Å². The van der Waals surface area contributed by atoms with Gasteiger partial charge >= 0.3 is 0 Å². The number of hydrogen-bond donors (Lipinski definition) is 2. The molecule has 116 valence electrons. The van der Waals surface area contributed by atoms with Gasteiger partial charge in [0.25, 0.3) is 0 Å². The van der Waals surface area contributed by atoms with E-state index < -0.39 is 10.0 Å². The molecule has 0 bridgehead atoms. The van der Waals surface area contributed by atoms with Crippen molar-refractivity contribution in [3.05, 3.63) is 16.3 Å². The van der Waals surface area contributed by atoms with Crippen molar-refractivity contribution >= 4 is 21.4 Å². The fraction of sp³-hybridized carbons (Fsp3) is 0.714. The lowest BCUT2D eigenvalue weighted by molar-refractivity contribution is 0.414. The molecule has 0 aliphatic rings. The lowest BCUT2D eigenvalue weighted by Gasteiger charge is -2.16. The van der Waals surface area contributed by atoms with Crippen molar-refractivity contribution in [1.29, 1.82) is 0 Å². The molecule has 1 aromatic heterocycles. The van der Waals surface area contributed by atoms with E-state index in [9.17, 15) is 8.42 Å². The van der Waals surface area contributed by atoms with Crippen LogP contribution in [-0.4, -0.2) is 21.5 Å². The van der Waals surface area contributed by atoms with E-state index in [4.69, 9.17) is 0 Å². The van der Waals surface area contributed by atoms with Crippen LogP contribution in [0.1, 0.15) is 39.0 Å². The summed E-state index contributed by atoms with van der Waals surface area (Å²) in [5.74, 6) is 0.788. The molecule has 20 heavy (non-hydrogen) atoms. The maximum atomic E-state index is 12.3. The smallest absolute Gasteiger partial charge is 0.241 e. The summed E-state index contributed by atoms with van der Waals surface area (Å²) in [6.45, 7) is 10.3. The molecule has 4 nitrogen and oxygen atoms in total. The van der Waals surface area contributed by atoms with Crippen LogP contribution in [0.25, 0.3) is 0 Å². The minimum atomic E-state index is -3.39. The van der Waals surface area contributed by atoms with E-state index in [1.54, 1.807) is 6.07 Å². The maximum absolute atomic E-state index is 12.3. The summed E-state index contributed by atoms with van der Waals surface area (Å²) < 4.78 is 27.4. The summed E-state index contributed by atoms with van der Waals surface area (Å²) in [7, 11) is -3.39. The minimum Gasteiger partial charge on any atom is -0.312 e. The van der Waals surface area contributed by atoms with E-state index in [1.807, 2.05) is 5.38 Å². The SMILES string of the molecule is CCCNCc1sccc1S(=O)(=O)NCC(C)C(C)C. The maximum Gasteiger partial charge on any atom is 0.241 e. The molecule has 1 unspecified atom stereocenters. The van der Waals surface area contributed by atoms with Gasteiger partial charge in [0, 0.05) is 18.0 Å². The molecule has 0 spiro atoms. The fourth-order valence-corrected chi connectivity index (χ4v) is 4.18. The van der Waals surface area contributed by atoms with Gasteiger partial charge in [-0.1, -0.05) is 27.7 Å². The molecule has 1 aromatic rings. The fourth-order valence-electron chi connectivity index (χ4n) is 1.63. The first-order chi connectivity index (χ1) is 9.38. The number of rotatable bonds is 9. The summed E-state index contributed by atoms with van der Waals surface area (Å²) in [6, 6.07) is 1.69. The molecule has 1 atom stereocenters. The molecule has 0 amide bonds. The van der Waals surface area contributed by atoms with E-state index in [1.165, 1.54) is 11.3 Å². The molecule has 0 aliphatic heterocycles. The third kappa shape index (κ3) is 5.16. The van der Waals surface area contributed by atoms with Crippen LogP contribution in [0.5, 0.6) is 0 Å². The van der Waals surface area contributed by atoms with Gasteiger partial charge in [-0.2, -0.15) is 0 Å². The van der Waals surface area contributed by atoms with Crippen LogP contribution in [0, 0.1) is 11.8 Å². The summed E-state index contributed by atoms with van der Waals surface area (Å²) >= 11 is 1.49. The molecule has 1 rings (SSSR count). The molecule has 2 N–H and O–H groups in total. The van der Waals surface area contributed by atoms with E-state index >= 15 is 0 Å². The van der Waals surface area contributed by atoms with Crippen molar-refractivity contribution in [2.24, 2.45) is 11.8 Å². The zero-order chi connectivity index (χ0) is 15.2. The first-order valence-electron chi connectivity index (χ1n) is 7.15. The van der Waals surface area contributed by atoms with E-state index in [2.05, 4.69) is 37.7 Å².